The Kier molecular flexibility index (Phi) is 6.45. The lowest BCUT2D eigenvalue weighted by Gasteiger charge is -2.37. The van der Waals surface area contributed by atoms with Gasteiger partial charge in [0.25, 0.3) is 0 Å². The second-order valence-corrected chi connectivity index (χ2v) is 6.26. The van der Waals surface area contributed by atoms with Crippen molar-refractivity contribution in [1.29, 1.82) is 0 Å². The Morgan fingerprint density at radius 2 is 1.86 bits per heavy atom. The molecule has 21 heavy (non-hydrogen) atoms. The number of hydrogen-bond acceptors (Lipinski definition) is 3. The smallest absolute Gasteiger partial charge is 0.317 e. The number of likely N-dealkylation sites (N-methyl/N-ethyl adjacent to an activating group) is 1. The summed E-state index contributed by atoms with van der Waals surface area (Å²) in [7, 11) is 4.11. The molecule has 0 heterocycles. The number of carboxylic acids is 1. The van der Waals surface area contributed by atoms with Crippen molar-refractivity contribution in [3.05, 3.63) is 0 Å². The summed E-state index contributed by atoms with van der Waals surface area (Å²) in [5, 5.41) is 12.0. The molecule has 1 saturated carbocycles. The van der Waals surface area contributed by atoms with Gasteiger partial charge in [0.1, 0.15) is 0 Å². The van der Waals surface area contributed by atoms with Crippen LogP contribution in [0.2, 0.25) is 0 Å². The third-order valence-electron chi connectivity index (χ3n) is 4.64. The Bertz CT molecular complexity index is 365. The van der Waals surface area contributed by atoms with Crippen LogP contribution >= 0.6 is 0 Å². The van der Waals surface area contributed by atoms with Crippen molar-refractivity contribution < 1.29 is 14.7 Å². The zero-order chi connectivity index (χ0) is 16.0. The van der Waals surface area contributed by atoms with Gasteiger partial charge < -0.3 is 20.2 Å². The summed E-state index contributed by atoms with van der Waals surface area (Å²) < 4.78 is 0. The number of nitrogens with one attached hydrogen (secondary N) is 1. The van der Waals surface area contributed by atoms with Gasteiger partial charge in [-0.15, -0.1) is 0 Å². The maximum atomic E-state index is 12.3. The van der Waals surface area contributed by atoms with E-state index in [4.69, 9.17) is 5.11 Å². The molecule has 6 nitrogen and oxygen atoms in total. The summed E-state index contributed by atoms with van der Waals surface area (Å²) in [6.45, 7) is 4.86. The first-order valence-electron chi connectivity index (χ1n) is 7.75. The first-order chi connectivity index (χ1) is 9.82. The van der Waals surface area contributed by atoms with Crippen molar-refractivity contribution >= 4 is 12.0 Å². The van der Waals surface area contributed by atoms with Crippen molar-refractivity contribution in [2.45, 2.75) is 45.1 Å². The molecule has 1 rings (SSSR count). The zero-order valence-corrected chi connectivity index (χ0v) is 13.7. The molecule has 2 amide bonds. The van der Waals surface area contributed by atoms with E-state index in [-0.39, 0.29) is 18.1 Å². The number of carbonyl (C=O) groups excluding carboxylic acids is 1. The van der Waals surface area contributed by atoms with Gasteiger partial charge in [0.15, 0.2) is 0 Å². The van der Waals surface area contributed by atoms with E-state index in [0.29, 0.717) is 13.1 Å². The highest BCUT2D eigenvalue weighted by molar-refractivity contribution is 5.76. The summed E-state index contributed by atoms with van der Waals surface area (Å²) in [5.74, 6) is -1.42. The van der Waals surface area contributed by atoms with Gasteiger partial charge in [-0.1, -0.05) is 19.8 Å². The largest absolute Gasteiger partial charge is 0.481 e. The highest BCUT2D eigenvalue weighted by atomic mass is 16.4. The molecule has 0 bridgehead atoms. The average Bonchev–Trinajstić information content (AvgIpc) is 2.91. The molecular weight excluding hydrogens is 270 g/mol. The van der Waals surface area contributed by atoms with E-state index in [1.165, 1.54) is 12.8 Å². The number of nitrogens with zero attached hydrogens (tertiary/aromatic N) is 2. The van der Waals surface area contributed by atoms with E-state index in [9.17, 15) is 9.59 Å². The Hall–Kier alpha value is -1.30. The Morgan fingerprint density at radius 3 is 2.29 bits per heavy atom. The number of amides is 2. The van der Waals surface area contributed by atoms with Crippen molar-refractivity contribution in [3.63, 3.8) is 0 Å². The average molecular weight is 299 g/mol. The van der Waals surface area contributed by atoms with Crippen LogP contribution in [0.25, 0.3) is 0 Å². The van der Waals surface area contributed by atoms with Crippen molar-refractivity contribution in [2.75, 3.05) is 33.7 Å². The molecule has 0 spiro atoms. The van der Waals surface area contributed by atoms with E-state index in [1.54, 1.807) is 11.8 Å². The maximum Gasteiger partial charge on any atom is 0.317 e. The van der Waals surface area contributed by atoms with Gasteiger partial charge in [0.2, 0.25) is 0 Å². The lowest BCUT2D eigenvalue weighted by Crippen LogP contribution is -2.53. The van der Waals surface area contributed by atoms with Crippen LogP contribution in [0.15, 0.2) is 0 Å². The SMILES string of the molecule is CCN(CC(C)C(=O)O)C(=O)NCC1(N(C)C)CCCC1. The highest BCUT2D eigenvalue weighted by Gasteiger charge is 2.36. The molecule has 0 radical (unpaired) electrons. The van der Waals surface area contributed by atoms with Crippen LogP contribution in [-0.2, 0) is 4.79 Å². The molecule has 0 saturated heterocycles. The molecule has 1 unspecified atom stereocenters. The van der Waals surface area contributed by atoms with Gasteiger partial charge >= 0.3 is 12.0 Å². The third-order valence-corrected chi connectivity index (χ3v) is 4.64. The minimum Gasteiger partial charge on any atom is -0.481 e. The number of aliphatic carboxylic acids is 1. The van der Waals surface area contributed by atoms with Crippen molar-refractivity contribution in [3.8, 4) is 0 Å². The molecule has 1 aliphatic rings. The maximum absolute atomic E-state index is 12.3. The fraction of sp³-hybridized carbons (Fsp3) is 0.867. The van der Waals surface area contributed by atoms with Crippen LogP contribution in [0.1, 0.15) is 39.5 Å². The van der Waals surface area contributed by atoms with E-state index < -0.39 is 11.9 Å². The van der Waals surface area contributed by atoms with Crippen molar-refractivity contribution in [2.24, 2.45) is 5.92 Å². The number of hydrogen-bond donors (Lipinski definition) is 2. The number of carbonyl (C=O) groups is 2. The summed E-state index contributed by atoms with van der Waals surface area (Å²) in [6.07, 6.45) is 4.58. The monoisotopic (exact) mass is 299 g/mol. The minimum atomic E-state index is -0.873. The van der Waals surface area contributed by atoms with Gasteiger partial charge in [0, 0.05) is 25.2 Å². The summed E-state index contributed by atoms with van der Waals surface area (Å²) in [4.78, 5) is 26.9. The second kappa shape index (κ2) is 7.64. The van der Waals surface area contributed by atoms with Crippen LogP contribution < -0.4 is 5.32 Å². The second-order valence-electron chi connectivity index (χ2n) is 6.26. The van der Waals surface area contributed by atoms with Crippen LogP contribution in [0.3, 0.4) is 0 Å². The van der Waals surface area contributed by atoms with Crippen LogP contribution in [0.4, 0.5) is 4.79 Å². The first-order valence-corrected chi connectivity index (χ1v) is 7.75. The molecule has 0 aromatic rings. The fourth-order valence-electron chi connectivity index (χ4n) is 2.93. The number of carboxylic acid groups (broad SMARTS) is 1. The summed E-state index contributed by atoms with van der Waals surface area (Å²) in [5.41, 5.74) is 0.0491. The number of rotatable bonds is 7. The molecule has 0 aromatic heterocycles. The molecule has 1 fully saturated rings. The van der Waals surface area contributed by atoms with E-state index >= 15 is 0 Å². The normalized spacial score (nSPS) is 18.5. The molecular formula is C15H29N3O3. The Labute approximate surface area is 127 Å². The predicted octanol–water partition coefficient (Wildman–Crippen LogP) is 1.61. The lowest BCUT2D eigenvalue weighted by atomic mass is 9.96. The van der Waals surface area contributed by atoms with Gasteiger partial charge in [-0.3, -0.25) is 4.79 Å². The van der Waals surface area contributed by atoms with Crippen molar-refractivity contribution in [1.82, 2.24) is 15.1 Å². The Balaban J connectivity index is 2.56. The van der Waals surface area contributed by atoms with E-state index in [2.05, 4.69) is 24.3 Å². The first kappa shape index (κ1) is 17.8. The standard InChI is InChI=1S/C15H29N3O3/c1-5-18(10-12(2)13(19)20)14(21)16-11-15(17(3)4)8-6-7-9-15/h12H,5-11H2,1-4H3,(H,16,21)(H,19,20). The van der Waals surface area contributed by atoms with E-state index in [0.717, 1.165) is 12.8 Å². The van der Waals surface area contributed by atoms with Crippen LogP contribution in [0, 0.1) is 5.92 Å². The summed E-state index contributed by atoms with van der Waals surface area (Å²) in [6, 6.07) is -0.168. The van der Waals surface area contributed by atoms with Gasteiger partial charge in [-0.25, -0.2) is 4.79 Å². The zero-order valence-electron chi connectivity index (χ0n) is 13.7. The van der Waals surface area contributed by atoms with Gasteiger partial charge in [-0.05, 0) is 33.9 Å². The van der Waals surface area contributed by atoms with Gasteiger partial charge in [0.05, 0.1) is 5.92 Å². The predicted molar refractivity (Wildman–Crippen MR) is 82.3 cm³/mol. The molecule has 1 aliphatic carbocycles. The molecule has 6 heteroatoms. The summed E-state index contributed by atoms with van der Waals surface area (Å²) >= 11 is 0. The topological polar surface area (TPSA) is 72.9 Å². The fourth-order valence-corrected chi connectivity index (χ4v) is 2.93. The molecule has 122 valence electrons. The van der Waals surface area contributed by atoms with E-state index in [1.807, 2.05) is 6.92 Å². The number of urea groups is 1. The molecule has 2 N–H and O–H groups in total. The third kappa shape index (κ3) is 4.59. The minimum absolute atomic E-state index is 0.0491. The Morgan fingerprint density at radius 1 is 1.29 bits per heavy atom. The van der Waals surface area contributed by atoms with Crippen LogP contribution in [-0.4, -0.2) is 66.2 Å². The van der Waals surface area contributed by atoms with Gasteiger partial charge in [-0.2, -0.15) is 0 Å². The molecule has 0 aliphatic heterocycles. The molecule has 1 atom stereocenters. The van der Waals surface area contributed by atoms with Crippen LogP contribution in [0.5, 0.6) is 0 Å². The quantitative estimate of drug-likeness (QED) is 0.749. The highest BCUT2D eigenvalue weighted by Crippen LogP contribution is 2.33. The molecule has 0 aromatic carbocycles. The lowest BCUT2D eigenvalue weighted by molar-refractivity contribution is -0.141.